The smallest absolute Gasteiger partial charge is 0.417 e. The van der Waals surface area contributed by atoms with Crippen molar-refractivity contribution in [3.8, 4) is 0 Å². The Morgan fingerprint density at radius 3 is 2.57 bits per heavy atom. The van der Waals surface area contributed by atoms with Gasteiger partial charge >= 0.3 is 6.18 Å². The van der Waals surface area contributed by atoms with Gasteiger partial charge in [0.15, 0.2) is 0 Å². The summed E-state index contributed by atoms with van der Waals surface area (Å²) in [7, 11) is 0. The van der Waals surface area contributed by atoms with Crippen molar-refractivity contribution in [2.24, 2.45) is 5.92 Å². The van der Waals surface area contributed by atoms with E-state index in [-0.39, 0.29) is 16.9 Å². The van der Waals surface area contributed by atoms with Crippen LogP contribution in [0.4, 0.5) is 13.2 Å². The number of aliphatic hydroxyl groups is 1. The fourth-order valence-electron chi connectivity index (χ4n) is 4.24. The second-order valence-electron chi connectivity index (χ2n) is 7.62. The number of furan rings is 1. The summed E-state index contributed by atoms with van der Waals surface area (Å²) in [6.45, 7) is 4.02. The van der Waals surface area contributed by atoms with Gasteiger partial charge < -0.3 is 9.52 Å². The van der Waals surface area contributed by atoms with E-state index in [2.05, 4.69) is 17.0 Å². The van der Waals surface area contributed by atoms with Crippen molar-refractivity contribution >= 4 is 11.0 Å². The summed E-state index contributed by atoms with van der Waals surface area (Å²) < 4.78 is 45.3. The van der Waals surface area contributed by atoms with Gasteiger partial charge in [-0.3, -0.25) is 4.90 Å². The van der Waals surface area contributed by atoms with Crippen LogP contribution in [0.15, 0.2) is 59.2 Å². The van der Waals surface area contributed by atoms with E-state index in [0.717, 1.165) is 12.6 Å². The average molecular weight is 389 g/mol. The standard InChI is InChI=1S/C22H22F3NO2/c1-15-13-26(14-16-5-3-2-4-6-16)11-10-21(15,27)19-8-7-18(22(23,24)25)17-9-12-28-20(17)19/h2-9,12,15,27H,10-11,13-14H2,1H3/t15-,21+/m0/s1. The molecule has 1 aromatic heterocycles. The molecule has 1 N–H and O–H groups in total. The van der Waals surface area contributed by atoms with E-state index in [1.54, 1.807) is 0 Å². The van der Waals surface area contributed by atoms with Crippen molar-refractivity contribution in [3.63, 3.8) is 0 Å². The molecule has 1 saturated heterocycles. The minimum absolute atomic E-state index is 0.00246. The van der Waals surface area contributed by atoms with E-state index in [4.69, 9.17) is 4.42 Å². The Bertz CT molecular complexity index is 967. The van der Waals surface area contributed by atoms with Gasteiger partial charge in [0.2, 0.25) is 0 Å². The van der Waals surface area contributed by atoms with Crippen LogP contribution >= 0.6 is 0 Å². The van der Waals surface area contributed by atoms with Crippen molar-refractivity contribution in [1.82, 2.24) is 4.90 Å². The van der Waals surface area contributed by atoms with Crippen LogP contribution in [0.3, 0.4) is 0 Å². The number of benzene rings is 2. The lowest BCUT2D eigenvalue weighted by molar-refractivity contribution is -0.136. The molecule has 148 valence electrons. The van der Waals surface area contributed by atoms with Gasteiger partial charge in [-0.2, -0.15) is 13.2 Å². The Morgan fingerprint density at radius 1 is 1.14 bits per heavy atom. The molecule has 0 radical (unpaired) electrons. The van der Waals surface area contributed by atoms with Gasteiger partial charge in [0.1, 0.15) is 5.58 Å². The number of piperidine rings is 1. The average Bonchev–Trinajstić information content (AvgIpc) is 3.13. The molecule has 1 aliphatic heterocycles. The van der Waals surface area contributed by atoms with Crippen LogP contribution in [0.25, 0.3) is 11.0 Å². The first kappa shape index (κ1) is 19.0. The van der Waals surface area contributed by atoms with Crippen LogP contribution in [0.2, 0.25) is 0 Å². The molecule has 6 heteroatoms. The van der Waals surface area contributed by atoms with Crippen LogP contribution in [0, 0.1) is 5.92 Å². The molecule has 2 atom stereocenters. The van der Waals surface area contributed by atoms with E-state index < -0.39 is 17.3 Å². The fourth-order valence-corrected chi connectivity index (χ4v) is 4.24. The van der Waals surface area contributed by atoms with Gasteiger partial charge in [0.05, 0.1) is 17.4 Å². The van der Waals surface area contributed by atoms with Crippen molar-refractivity contribution in [1.29, 1.82) is 0 Å². The summed E-state index contributed by atoms with van der Waals surface area (Å²) in [6, 6.07) is 13.8. The normalized spacial score (nSPS) is 24.0. The first-order chi connectivity index (χ1) is 13.3. The number of halogens is 3. The maximum absolute atomic E-state index is 13.3. The predicted molar refractivity (Wildman–Crippen MR) is 101 cm³/mol. The molecular weight excluding hydrogens is 367 g/mol. The third kappa shape index (κ3) is 3.31. The maximum Gasteiger partial charge on any atom is 0.417 e. The van der Waals surface area contributed by atoms with E-state index in [0.29, 0.717) is 25.1 Å². The molecule has 0 amide bonds. The number of fused-ring (bicyclic) bond motifs is 1. The summed E-state index contributed by atoms with van der Waals surface area (Å²) in [6.07, 6.45) is -2.78. The summed E-state index contributed by atoms with van der Waals surface area (Å²) in [5.41, 5.74) is -0.207. The quantitative estimate of drug-likeness (QED) is 0.671. The molecule has 0 bridgehead atoms. The molecule has 0 saturated carbocycles. The molecule has 1 fully saturated rings. The minimum Gasteiger partial charge on any atom is -0.464 e. The predicted octanol–water partition coefficient (Wildman–Crippen LogP) is 5.18. The Hall–Kier alpha value is -2.31. The molecule has 4 rings (SSSR count). The lowest BCUT2D eigenvalue weighted by atomic mass is 9.76. The summed E-state index contributed by atoms with van der Waals surface area (Å²) in [5.74, 6) is -0.157. The Balaban J connectivity index is 1.62. The van der Waals surface area contributed by atoms with Gasteiger partial charge in [0.25, 0.3) is 0 Å². The van der Waals surface area contributed by atoms with Gasteiger partial charge in [-0.25, -0.2) is 0 Å². The molecule has 3 aromatic rings. The second-order valence-corrected chi connectivity index (χ2v) is 7.62. The number of likely N-dealkylation sites (tertiary alicyclic amines) is 1. The second kappa shape index (κ2) is 6.94. The maximum atomic E-state index is 13.3. The van der Waals surface area contributed by atoms with Crippen molar-refractivity contribution < 1.29 is 22.7 Å². The zero-order chi connectivity index (χ0) is 19.9. The number of hydrogen-bond acceptors (Lipinski definition) is 3. The molecule has 2 heterocycles. The van der Waals surface area contributed by atoms with Crippen molar-refractivity contribution in [2.45, 2.75) is 31.7 Å². The van der Waals surface area contributed by atoms with Crippen LogP contribution < -0.4 is 0 Å². The van der Waals surface area contributed by atoms with Crippen molar-refractivity contribution in [3.05, 3.63) is 71.5 Å². The minimum atomic E-state index is -4.46. The van der Waals surface area contributed by atoms with Crippen LogP contribution in [-0.2, 0) is 18.3 Å². The number of hydrogen-bond donors (Lipinski definition) is 1. The third-order valence-corrected chi connectivity index (χ3v) is 5.79. The van der Waals surface area contributed by atoms with Crippen LogP contribution in [0.5, 0.6) is 0 Å². The largest absolute Gasteiger partial charge is 0.464 e. The van der Waals surface area contributed by atoms with Crippen molar-refractivity contribution in [2.75, 3.05) is 13.1 Å². The lowest BCUT2D eigenvalue weighted by Crippen LogP contribution is -2.48. The third-order valence-electron chi connectivity index (χ3n) is 5.79. The highest BCUT2D eigenvalue weighted by Crippen LogP contribution is 2.44. The monoisotopic (exact) mass is 389 g/mol. The van der Waals surface area contributed by atoms with Gasteiger partial charge in [-0.05, 0) is 24.1 Å². The van der Waals surface area contributed by atoms with Crippen LogP contribution in [0.1, 0.15) is 30.0 Å². The Labute approximate surface area is 161 Å². The summed E-state index contributed by atoms with van der Waals surface area (Å²) in [5, 5.41) is 11.4. The Kier molecular flexibility index (Phi) is 4.71. The highest BCUT2D eigenvalue weighted by Gasteiger charge is 2.43. The zero-order valence-electron chi connectivity index (χ0n) is 15.5. The van der Waals surface area contributed by atoms with E-state index >= 15 is 0 Å². The van der Waals surface area contributed by atoms with Gasteiger partial charge in [0, 0.05) is 36.5 Å². The first-order valence-corrected chi connectivity index (χ1v) is 9.35. The lowest BCUT2D eigenvalue weighted by Gasteiger charge is -2.43. The molecule has 1 aliphatic rings. The van der Waals surface area contributed by atoms with Crippen LogP contribution in [-0.4, -0.2) is 23.1 Å². The molecule has 0 spiro atoms. The SMILES string of the molecule is C[C@H]1CN(Cc2ccccc2)CC[C@]1(O)c1ccc(C(F)(F)F)c2ccoc12. The van der Waals surface area contributed by atoms with E-state index in [1.165, 1.54) is 24.0 Å². The van der Waals surface area contributed by atoms with Gasteiger partial charge in [-0.1, -0.05) is 43.3 Å². The highest BCUT2D eigenvalue weighted by atomic mass is 19.4. The number of rotatable bonds is 3. The van der Waals surface area contributed by atoms with E-state index in [9.17, 15) is 18.3 Å². The summed E-state index contributed by atoms with van der Waals surface area (Å²) >= 11 is 0. The number of nitrogens with zero attached hydrogens (tertiary/aromatic N) is 1. The molecular formula is C22H22F3NO2. The van der Waals surface area contributed by atoms with Gasteiger partial charge in [-0.15, -0.1) is 0 Å². The fraction of sp³-hybridized carbons (Fsp3) is 0.364. The topological polar surface area (TPSA) is 36.6 Å². The first-order valence-electron chi connectivity index (χ1n) is 9.35. The molecule has 2 aromatic carbocycles. The molecule has 3 nitrogen and oxygen atoms in total. The van der Waals surface area contributed by atoms with E-state index in [1.807, 2.05) is 25.1 Å². The zero-order valence-corrected chi connectivity index (χ0v) is 15.5. The summed E-state index contributed by atoms with van der Waals surface area (Å²) in [4.78, 5) is 2.26. The molecule has 0 aliphatic carbocycles. The molecule has 28 heavy (non-hydrogen) atoms. The molecule has 0 unspecified atom stereocenters. The Morgan fingerprint density at radius 2 is 1.89 bits per heavy atom. The number of alkyl halides is 3. The highest BCUT2D eigenvalue weighted by molar-refractivity contribution is 5.85.